The van der Waals surface area contributed by atoms with Crippen LogP contribution in [-0.4, -0.2) is 47.8 Å². The zero-order chi connectivity index (χ0) is 21.6. The number of likely N-dealkylation sites (tertiary alicyclic amines) is 2. The van der Waals surface area contributed by atoms with Crippen molar-refractivity contribution in [3.8, 4) is 5.75 Å². The van der Waals surface area contributed by atoms with Crippen LogP contribution >= 0.6 is 11.6 Å². The molecule has 0 N–H and O–H groups in total. The third kappa shape index (κ3) is 5.59. The number of piperidine rings is 2. The van der Waals surface area contributed by atoms with E-state index in [0.29, 0.717) is 35.3 Å². The maximum absolute atomic E-state index is 13.2. The lowest BCUT2D eigenvalue weighted by atomic mass is 9.94. The fourth-order valence-electron chi connectivity index (χ4n) is 4.37. The first-order valence-corrected chi connectivity index (χ1v) is 11.5. The Balaban J connectivity index is 1.33. The Morgan fingerprint density at radius 2 is 1.74 bits per heavy atom. The lowest BCUT2D eigenvalue weighted by molar-refractivity contribution is -0.134. The maximum atomic E-state index is 13.2. The van der Waals surface area contributed by atoms with Gasteiger partial charge >= 0.3 is 0 Å². The Hall–Kier alpha value is -2.53. The monoisotopic (exact) mass is 440 g/mol. The van der Waals surface area contributed by atoms with Gasteiger partial charge in [0.05, 0.1) is 5.56 Å². The van der Waals surface area contributed by atoms with Crippen LogP contribution in [0, 0.1) is 5.92 Å². The molecule has 164 valence electrons. The topological polar surface area (TPSA) is 49.9 Å². The summed E-state index contributed by atoms with van der Waals surface area (Å²) in [5.74, 6) is 1.38. The molecule has 0 spiro atoms. The average molecular weight is 441 g/mol. The average Bonchev–Trinajstić information content (AvgIpc) is 2.80. The fraction of sp³-hybridized carbons (Fsp3) is 0.440. The number of nitrogens with zero attached hydrogens (tertiary/aromatic N) is 2. The molecule has 2 heterocycles. The van der Waals surface area contributed by atoms with E-state index in [1.54, 1.807) is 0 Å². The smallest absolute Gasteiger partial charge is 0.257 e. The van der Waals surface area contributed by atoms with E-state index in [9.17, 15) is 9.59 Å². The summed E-state index contributed by atoms with van der Waals surface area (Å²) in [6.07, 6.45) is 4.68. The molecule has 0 aliphatic carbocycles. The molecule has 2 aliphatic rings. The van der Waals surface area contributed by atoms with Crippen molar-refractivity contribution in [1.82, 2.24) is 9.80 Å². The number of para-hydroxylation sites is 1. The van der Waals surface area contributed by atoms with E-state index in [2.05, 4.69) is 0 Å². The molecule has 2 saturated heterocycles. The lowest BCUT2D eigenvalue weighted by Gasteiger charge is -2.36. The number of hydrogen-bond donors (Lipinski definition) is 0. The number of ether oxygens (including phenoxy) is 1. The van der Waals surface area contributed by atoms with Crippen LogP contribution in [0.2, 0.25) is 5.02 Å². The molecule has 0 aromatic heterocycles. The first kappa shape index (κ1) is 21.7. The fourth-order valence-corrected chi connectivity index (χ4v) is 4.49. The molecule has 2 aromatic rings. The Kier molecular flexibility index (Phi) is 7.13. The van der Waals surface area contributed by atoms with Crippen molar-refractivity contribution in [3.05, 3.63) is 64.7 Å². The Bertz CT molecular complexity index is 907. The summed E-state index contributed by atoms with van der Waals surface area (Å²) >= 11 is 5.94. The van der Waals surface area contributed by atoms with E-state index in [-0.39, 0.29) is 11.8 Å². The van der Waals surface area contributed by atoms with Crippen LogP contribution in [0.1, 0.15) is 48.0 Å². The molecule has 0 saturated carbocycles. The highest BCUT2D eigenvalue weighted by Gasteiger charge is 2.28. The third-order valence-electron chi connectivity index (χ3n) is 6.23. The number of halogens is 1. The summed E-state index contributed by atoms with van der Waals surface area (Å²) < 4.78 is 5.97. The number of carbonyl (C=O) groups is 2. The van der Waals surface area contributed by atoms with E-state index < -0.39 is 0 Å². The van der Waals surface area contributed by atoms with Gasteiger partial charge < -0.3 is 14.5 Å². The number of amides is 2. The SMILES string of the molecule is O=C1CCCCN1CC1CCN(C(=O)c2ccccc2OCc2ccc(Cl)cc2)CC1. The first-order chi connectivity index (χ1) is 15.1. The van der Waals surface area contributed by atoms with Gasteiger partial charge in [-0.05, 0) is 61.4 Å². The number of carbonyl (C=O) groups excluding carboxylic acids is 2. The van der Waals surface area contributed by atoms with Crippen molar-refractivity contribution < 1.29 is 14.3 Å². The molecular weight excluding hydrogens is 412 g/mol. The normalized spacial score (nSPS) is 17.6. The second-order valence-electron chi connectivity index (χ2n) is 8.44. The Morgan fingerprint density at radius 1 is 1.00 bits per heavy atom. The van der Waals surface area contributed by atoms with E-state index >= 15 is 0 Å². The minimum Gasteiger partial charge on any atom is -0.488 e. The largest absolute Gasteiger partial charge is 0.488 e. The van der Waals surface area contributed by atoms with Crippen molar-refractivity contribution in [2.24, 2.45) is 5.92 Å². The van der Waals surface area contributed by atoms with Gasteiger partial charge in [-0.1, -0.05) is 35.9 Å². The zero-order valence-corrected chi connectivity index (χ0v) is 18.5. The number of hydrogen-bond acceptors (Lipinski definition) is 3. The summed E-state index contributed by atoms with van der Waals surface area (Å²) in [4.78, 5) is 29.2. The summed E-state index contributed by atoms with van der Waals surface area (Å²) in [6.45, 7) is 3.54. The molecule has 2 aliphatic heterocycles. The van der Waals surface area contributed by atoms with Crippen molar-refractivity contribution in [2.75, 3.05) is 26.2 Å². The predicted molar refractivity (Wildman–Crippen MR) is 121 cm³/mol. The Labute approximate surface area is 188 Å². The quantitative estimate of drug-likeness (QED) is 0.649. The molecule has 0 radical (unpaired) electrons. The third-order valence-corrected chi connectivity index (χ3v) is 6.48. The van der Waals surface area contributed by atoms with Gasteiger partial charge in [0.2, 0.25) is 5.91 Å². The van der Waals surface area contributed by atoms with Gasteiger partial charge in [0, 0.05) is 37.6 Å². The second kappa shape index (κ2) is 10.2. The zero-order valence-electron chi connectivity index (χ0n) is 17.8. The predicted octanol–water partition coefficient (Wildman–Crippen LogP) is 4.78. The number of rotatable bonds is 6. The summed E-state index contributed by atoms with van der Waals surface area (Å²) in [7, 11) is 0. The van der Waals surface area contributed by atoms with E-state index in [4.69, 9.17) is 16.3 Å². The van der Waals surface area contributed by atoms with E-state index in [0.717, 1.165) is 57.4 Å². The van der Waals surface area contributed by atoms with Crippen LogP contribution in [0.3, 0.4) is 0 Å². The molecule has 6 heteroatoms. The molecular formula is C25H29ClN2O3. The molecule has 0 unspecified atom stereocenters. The van der Waals surface area contributed by atoms with Crippen molar-refractivity contribution >= 4 is 23.4 Å². The molecule has 5 nitrogen and oxygen atoms in total. The van der Waals surface area contributed by atoms with Gasteiger partial charge in [-0.15, -0.1) is 0 Å². The van der Waals surface area contributed by atoms with Crippen LogP contribution in [-0.2, 0) is 11.4 Å². The van der Waals surface area contributed by atoms with Gasteiger partial charge in [0.1, 0.15) is 12.4 Å². The van der Waals surface area contributed by atoms with Crippen molar-refractivity contribution in [3.63, 3.8) is 0 Å². The van der Waals surface area contributed by atoms with Gasteiger partial charge in [0.15, 0.2) is 0 Å². The summed E-state index contributed by atoms with van der Waals surface area (Å²) in [5, 5.41) is 0.687. The molecule has 4 rings (SSSR count). The Morgan fingerprint density at radius 3 is 2.48 bits per heavy atom. The summed E-state index contributed by atoms with van der Waals surface area (Å²) in [5.41, 5.74) is 1.60. The van der Waals surface area contributed by atoms with Crippen molar-refractivity contribution in [1.29, 1.82) is 0 Å². The van der Waals surface area contributed by atoms with Crippen LogP contribution in [0.15, 0.2) is 48.5 Å². The number of benzene rings is 2. The highest BCUT2D eigenvalue weighted by molar-refractivity contribution is 6.30. The van der Waals surface area contributed by atoms with Crippen LogP contribution in [0.4, 0.5) is 0 Å². The molecule has 31 heavy (non-hydrogen) atoms. The van der Waals surface area contributed by atoms with Gasteiger partial charge in [-0.3, -0.25) is 9.59 Å². The van der Waals surface area contributed by atoms with Gasteiger partial charge in [0.25, 0.3) is 5.91 Å². The minimum absolute atomic E-state index is 0.0132. The molecule has 2 fully saturated rings. The molecule has 0 bridgehead atoms. The lowest BCUT2D eigenvalue weighted by Crippen LogP contribution is -2.44. The van der Waals surface area contributed by atoms with E-state index in [1.165, 1.54) is 0 Å². The maximum Gasteiger partial charge on any atom is 0.257 e. The van der Waals surface area contributed by atoms with Crippen LogP contribution in [0.5, 0.6) is 5.75 Å². The first-order valence-electron chi connectivity index (χ1n) is 11.1. The standard InChI is InChI=1S/C25H29ClN2O3/c26-21-10-8-20(9-11-21)18-31-23-6-2-1-5-22(23)25(30)27-15-12-19(13-16-27)17-28-14-4-3-7-24(28)29/h1-2,5-6,8-11,19H,3-4,7,12-18H2. The van der Waals surface area contributed by atoms with Crippen LogP contribution in [0.25, 0.3) is 0 Å². The highest BCUT2D eigenvalue weighted by Crippen LogP contribution is 2.26. The van der Waals surface area contributed by atoms with E-state index in [1.807, 2.05) is 58.3 Å². The van der Waals surface area contributed by atoms with Gasteiger partial charge in [-0.2, -0.15) is 0 Å². The minimum atomic E-state index is 0.0132. The summed E-state index contributed by atoms with van der Waals surface area (Å²) in [6, 6.07) is 14.9. The van der Waals surface area contributed by atoms with Gasteiger partial charge in [-0.25, -0.2) is 0 Å². The van der Waals surface area contributed by atoms with Crippen molar-refractivity contribution in [2.45, 2.75) is 38.7 Å². The molecule has 2 amide bonds. The highest BCUT2D eigenvalue weighted by atomic mass is 35.5. The molecule has 2 aromatic carbocycles. The van der Waals surface area contributed by atoms with Crippen LogP contribution < -0.4 is 4.74 Å². The second-order valence-corrected chi connectivity index (χ2v) is 8.88. The molecule has 0 atom stereocenters.